The van der Waals surface area contributed by atoms with Gasteiger partial charge in [-0.1, -0.05) is 6.07 Å². The topological polar surface area (TPSA) is 78.3 Å². The van der Waals surface area contributed by atoms with Crippen molar-refractivity contribution in [3.05, 3.63) is 42.5 Å². The Bertz CT molecular complexity index is 507. The average Bonchev–Trinajstić information content (AvgIpc) is 2.29. The molecule has 7 heteroatoms. The van der Waals surface area contributed by atoms with Crippen molar-refractivity contribution >= 4 is 24.2 Å². The highest BCUT2D eigenvalue weighted by atomic mass is 19.1. The highest BCUT2D eigenvalue weighted by molar-refractivity contribution is 6.58. The highest BCUT2D eigenvalue weighted by Crippen LogP contribution is 2.12. The van der Waals surface area contributed by atoms with Crippen LogP contribution in [0.5, 0.6) is 0 Å². The molecule has 0 radical (unpaired) electrons. The Kier molecular flexibility index (Phi) is 3.31. The van der Waals surface area contributed by atoms with Crippen LogP contribution in [0.2, 0.25) is 0 Å². The van der Waals surface area contributed by atoms with E-state index < -0.39 is 7.12 Å². The van der Waals surface area contributed by atoms with Crippen LogP contribution in [0.3, 0.4) is 0 Å². The Morgan fingerprint density at radius 3 is 2.47 bits per heavy atom. The van der Waals surface area contributed by atoms with E-state index in [9.17, 15) is 4.39 Å². The molecule has 1 aromatic carbocycles. The highest BCUT2D eigenvalue weighted by Gasteiger charge is 2.11. The molecule has 0 unspecified atom stereocenters. The molecule has 0 aliphatic rings. The summed E-state index contributed by atoms with van der Waals surface area (Å²) in [7, 11) is -1.60. The lowest BCUT2D eigenvalue weighted by Crippen LogP contribution is -2.30. The summed E-state index contributed by atoms with van der Waals surface area (Å²) in [6.07, 6.45) is 2.55. The van der Waals surface area contributed by atoms with Crippen LogP contribution in [-0.4, -0.2) is 27.1 Å². The maximum atomic E-state index is 12.9. The second kappa shape index (κ2) is 4.90. The minimum absolute atomic E-state index is 0.190. The predicted octanol–water partition coefficient (Wildman–Crippen LogP) is 0.0391. The molecule has 5 nitrogen and oxygen atoms in total. The van der Waals surface area contributed by atoms with E-state index in [1.807, 2.05) is 0 Å². The number of benzene rings is 1. The van der Waals surface area contributed by atoms with Crippen LogP contribution in [-0.2, 0) is 0 Å². The zero-order valence-corrected chi connectivity index (χ0v) is 8.71. The summed E-state index contributed by atoms with van der Waals surface area (Å²) in [5, 5.41) is 20.5. The largest absolute Gasteiger partial charge is 0.491 e. The summed E-state index contributed by atoms with van der Waals surface area (Å²) >= 11 is 0. The normalized spacial score (nSPS) is 10.1. The van der Waals surface area contributed by atoms with Crippen molar-refractivity contribution in [2.24, 2.45) is 0 Å². The predicted molar refractivity (Wildman–Crippen MR) is 61.5 cm³/mol. The SMILES string of the molecule is OB(O)c1cnc(Nc2cccc(F)c2)nc1. The molecular formula is C10H9BFN3O2. The van der Waals surface area contributed by atoms with Crippen molar-refractivity contribution in [3.63, 3.8) is 0 Å². The van der Waals surface area contributed by atoms with E-state index >= 15 is 0 Å². The minimum Gasteiger partial charge on any atom is -0.423 e. The fourth-order valence-corrected chi connectivity index (χ4v) is 1.23. The Hall–Kier alpha value is -1.99. The summed E-state index contributed by atoms with van der Waals surface area (Å²) in [6.45, 7) is 0. The molecule has 0 spiro atoms. The molecular weight excluding hydrogens is 224 g/mol. The third-order valence-corrected chi connectivity index (χ3v) is 2.05. The minimum atomic E-state index is -1.60. The van der Waals surface area contributed by atoms with Crippen molar-refractivity contribution in [2.45, 2.75) is 0 Å². The molecule has 1 aromatic heterocycles. The monoisotopic (exact) mass is 233 g/mol. The summed E-state index contributed by atoms with van der Waals surface area (Å²) in [6, 6.07) is 5.86. The lowest BCUT2D eigenvalue weighted by Gasteiger charge is -2.05. The van der Waals surface area contributed by atoms with E-state index in [4.69, 9.17) is 10.0 Å². The van der Waals surface area contributed by atoms with Gasteiger partial charge in [0.2, 0.25) is 5.95 Å². The van der Waals surface area contributed by atoms with Crippen molar-refractivity contribution < 1.29 is 14.4 Å². The molecule has 0 atom stereocenters. The Morgan fingerprint density at radius 2 is 1.88 bits per heavy atom. The molecule has 0 saturated carbocycles. The molecule has 3 N–H and O–H groups in total. The van der Waals surface area contributed by atoms with Gasteiger partial charge >= 0.3 is 7.12 Å². The third kappa shape index (κ3) is 2.99. The Morgan fingerprint density at radius 1 is 1.18 bits per heavy atom. The second-order valence-corrected chi connectivity index (χ2v) is 3.35. The van der Waals surface area contributed by atoms with Gasteiger partial charge in [-0.2, -0.15) is 0 Å². The standard InChI is InChI=1S/C10H9BFN3O2/c12-8-2-1-3-9(4-8)15-10-13-5-7(6-14-10)11(16)17/h1-6,16-17H,(H,13,14,15). The molecule has 2 rings (SSSR count). The fourth-order valence-electron chi connectivity index (χ4n) is 1.23. The molecule has 86 valence electrons. The van der Waals surface area contributed by atoms with Gasteiger partial charge in [0, 0.05) is 23.5 Å². The van der Waals surface area contributed by atoms with Gasteiger partial charge in [0.05, 0.1) is 0 Å². The molecule has 0 fully saturated rings. The number of aromatic nitrogens is 2. The first-order valence-electron chi connectivity index (χ1n) is 4.86. The van der Waals surface area contributed by atoms with Gasteiger partial charge in [-0.15, -0.1) is 0 Å². The van der Waals surface area contributed by atoms with Crippen molar-refractivity contribution in [1.29, 1.82) is 0 Å². The van der Waals surface area contributed by atoms with Gasteiger partial charge in [-0.05, 0) is 18.2 Å². The van der Waals surface area contributed by atoms with E-state index in [0.29, 0.717) is 5.69 Å². The lowest BCUT2D eigenvalue weighted by molar-refractivity contribution is 0.425. The van der Waals surface area contributed by atoms with Crippen LogP contribution in [0.25, 0.3) is 0 Å². The summed E-state index contributed by atoms with van der Waals surface area (Å²) in [5.74, 6) is -0.114. The molecule has 17 heavy (non-hydrogen) atoms. The van der Waals surface area contributed by atoms with Gasteiger partial charge in [-0.25, -0.2) is 14.4 Å². The molecule has 2 aromatic rings. The zero-order chi connectivity index (χ0) is 12.3. The first-order valence-corrected chi connectivity index (χ1v) is 4.86. The first-order chi connectivity index (χ1) is 8.15. The van der Waals surface area contributed by atoms with E-state index in [-0.39, 0.29) is 17.2 Å². The maximum absolute atomic E-state index is 12.9. The number of hydrogen-bond acceptors (Lipinski definition) is 5. The van der Waals surface area contributed by atoms with E-state index in [0.717, 1.165) is 0 Å². The second-order valence-electron chi connectivity index (χ2n) is 3.35. The first kappa shape index (κ1) is 11.5. The number of nitrogens with zero attached hydrogens (tertiary/aromatic N) is 2. The smallest absolute Gasteiger partial charge is 0.423 e. The number of nitrogens with one attached hydrogen (secondary N) is 1. The summed E-state index contributed by atoms with van der Waals surface area (Å²) < 4.78 is 12.9. The number of halogens is 1. The zero-order valence-electron chi connectivity index (χ0n) is 8.71. The number of hydrogen-bond donors (Lipinski definition) is 3. The van der Waals surface area contributed by atoms with Crippen molar-refractivity contribution in [3.8, 4) is 0 Å². The molecule has 0 saturated heterocycles. The summed E-state index contributed by atoms with van der Waals surface area (Å²) in [5.41, 5.74) is 0.706. The lowest BCUT2D eigenvalue weighted by atomic mass is 9.83. The van der Waals surface area contributed by atoms with Crippen molar-refractivity contribution in [1.82, 2.24) is 9.97 Å². The Labute approximate surface area is 97.1 Å². The molecule has 0 aliphatic heterocycles. The van der Waals surface area contributed by atoms with E-state index in [1.54, 1.807) is 12.1 Å². The quantitative estimate of drug-likeness (QED) is 0.652. The summed E-state index contributed by atoms with van der Waals surface area (Å²) in [4.78, 5) is 7.72. The van der Waals surface area contributed by atoms with Crippen LogP contribution in [0.4, 0.5) is 16.0 Å². The van der Waals surface area contributed by atoms with E-state index in [2.05, 4.69) is 15.3 Å². The molecule has 0 amide bonds. The van der Waals surface area contributed by atoms with E-state index in [1.165, 1.54) is 24.5 Å². The molecule has 0 bridgehead atoms. The van der Waals surface area contributed by atoms with Gasteiger partial charge in [-0.3, -0.25) is 0 Å². The van der Waals surface area contributed by atoms with Gasteiger partial charge in [0.1, 0.15) is 5.82 Å². The Balaban J connectivity index is 2.14. The number of rotatable bonds is 3. The van der Waals surface area contributed by atoms with Crippen LogP contribution in [0.15, 0.2) is 36.7 Å². The fraction of sp³-hybridized carbons (Fsp3) is 0. The van der Waals surface area contributed by atoms with Crippen molar-refractivity contribution in [2.75, 3.05) is 5.32 Å². The van der Waals surface area contributed by atoms with Crippen LogP contribution in [0.1, 0.15) is 0 Å². The molecule has 1 heterocycles. The van der Waals surface area contributed by atoms with Gasteiger partial charge in [0.25, 0.3) is 0 Å². The van der Waals surface area contributed by atoms with Crippen LogP contribution >= 0.6 is 0 Å². The van der Waals surface area contributed by atoms with Crippen LogP contribution in [0, 0.1) is 5.82 Å². The van der Waals surface area contributed by atoms with Crippen LogP contribution < -0.4 is 10.8 Å². The average molecular weight is 233 g/mol. The van der Waals surface area contributed by atoms with Gasteiger partial charge < -0.3 is 15.4 Å². The van der Waals surface area contributed by atoms with Gasteiger partial charge in [0.15, 0.2) is 0 Å². The number of anilines is 2. The third-order valence-electron chi connectivity index (χ3n) is 2.05. The molecule has 0 aliphatic carbocycles. The maximum Gasteiger partial charge on any atom is 0.491 e.